The van der Waals surface area contributed by atoms with Crippen LogP contribution >= 0.6 is 0 Å². The maximum absolute atomic E-state index is 12.5. The summed E-state index contributed by atoms with van der Waals surface area (Å²) in [4.78, 5) is 17.0. The molecule has 1 aromatic heterocycles. The van der Waals surface area contributed by atoms with Crippen LogP contribution in [0.15, 0.2) is 64.5 Å². The highest BCUT2D eigenvalue weighted by Gasteiger charge is 2.17. The third kappa shape index (κ3) is 2.95. The molecule has 6 nitrogen and oxygen atoms in total. The van der Waals surface area contributed by atoms with Gasteiger partial charge in [0, 0.05) is 14.1 Å². The third-order valence-electron chi connectivity index (χ3n) is 3.76. The van der Waals surface area contributed by atoms with Crippen molar-refractivity contribution in [3.63, 3.8) is 0 Å². The van der Waals surface area contributed by atoms with Crippen molar-refractivity contribution in [2.24, 2.45) is 0 Å². The minimum absolute atomic E-state index is 0.151. The van der Waals surface area contributed by atoms with E-state index in [2.05, 4.69) is 4.98 Å². The number of hydrogen-bond donors (Lipinski definition) is 0. The van der Waals surface area contributed by atoms with E-state index in [-0.39, 0.29) is 17.0 Å². The lowest BCUT2D eigenvalue weighted by Gasteiger charge is -2.13. The van der Waals surface area contributed by atoms with Crippen LogP contribution in [-0.4, -0.2) is 36.4 Å². The minimum Gasteiger partial charge on any atom is -0.294 e. The molecule has 1 heterocycles. The van der Waals surface area contributed by atoms with E-state index in [0.29, 0.717) is 10.9 Å². The van der Waals surface area contributed by atoms with Crippen molar-refractivity contribution in [3.8, 4) is 0 Å². The van der Waals surface area contributed by atoms with Crippen LogP contribution < -0.4 is 5.56 Å². The molecule has 7 heteroatoms. The molecule has 0 saturated carbocycles. The Bertz CT molecular complexity index is 1060. The highest BCUT2D eigenvalue weighted by molar-refractivity contribution is 7.89. The zero-order chi connectivity index (χ0) is 17.3. The first-order chi connectivity index (χ1) is 11.4. The summed E-state index contributed by atoms with van der Waals surface area (Å²) in [6, 6.07) is 13.7. The lowest BCUT2D eigenvalue weighted by Crippen LogP contribution is -2.23. The Kier molecular flexibility index (Phi) is 4.21. The largest absolute Gasteiger partial charge is 0.294 e. The number of para-hydroxylation sites is 1. The second-order valence-electron chi connectivity index (χ2n) is 5.63. The van der Waals surface area contributed by atoms with Crippen LogP contribution in [0, 0.1) is 0 Å². The highest BCUT2D eigenvalue weighted by Crippen LogP contribution is 2.15. The first-order valence-electron chi connectivity index (χ1n) is 7.35. The van der Waals surface area contributed by atoms with Crippen LogP contribution in [0.25, 0.3) is 10.9 Å². The summed E-state index contributed by atoms with van der Waals surface area (Å²) in [5.41, 5.74) is 1.21. The van der Waals surface area contributed by atoms with Crippen molar-refractivity contribution in [2.45, 2.75) is 11.4 Å². The van der Waals surface area contributed by atoms with E-state index in [0.717, 1.165) is 9.87 Å². The molecule has 0 bridgehead atoms. The zero-order valence-corrected chi connectivity index (χ0v) is 14.2. The Hall–Kier alpha value is -2.51. The fraction of sp³-hybridized carbons (Fsp3) is 0.176. The van der Waals surface area contributed by atoms with Gasteiger partial charge in [-0.2, -0.15) is 0 Å². The lowest BCUT2D eigenvalue weighted by molar-refractivity contribution is 0.520. The van der Waals surface area contributed by atoms with Gasteiger partial charge in [-0.3, -0.25) is 9.36 Å². The zero-order valence-electron chi connectivity index (χ0n) is 13.4. The van der Waals surface area contributed by atoms with Gasteiger partial charge in [0.25, 0.3) is 5.56 Å². The Morgan fingerprint density at radius 3 is 2.58 bits per heavy atom. The first kappa shape index (κ1) is 16.4. The number of sulfonamides is 1. The number of nitrogens with zero attached hydrogens (tertiary/aromatic N) is 3. The summed E-state index contributed by atoms with van der Waals surface area (Å²) in [5, 5.41) is 0.539. The van der Waals surface area contributed by atoms with Crippen molar-refractivity contribution in [1.82, 2.24) is 13.9 Å². The van der Waals surface area contributed by atoms with E-state index in [4.69, 9.17) is 0 Å². The molecule has 3 aromatic rings. The third-order valence-corrected chi connectivity index (χ3v) is 5.57. The molecule has 0 spiro atoms. The summed E-state index contributed by atoms with van der Waals surface area (Å²) in [6.07, 6.45) is 1.48. The summed E-state index contributed by atoms with van der Waals surface area (Å²) in [5.74, 6) is 0. The molecule has 0 aliphatic heterocycles. The second kappa shape index (κ2) is 6.18. The Morgan fingerprint density at radius 2 is 1.83 bits per heavy atom. The van der Waals surface area contributed by atoms with Crippen molar-refractivity contribution < 1.29 is 8.42 Å². The van der Waals surface area contributed by atoms with Crippen molar-refractivity contribution in [1.29, 1.82) is 0 Å². The molecule has 0 fully saturated rings. The van der Waals surface area contributed by atoms with Crippen LogP contribution in [0.1, 0.15) is 5.56 Å². The molecule has 0 aliphatic rings. The predicted octanol–water partition coefficient (Wildman–Crippen LogP) is 1.70. The summed E-state index contributed by atoms with van der Waals surface area (Å²) < 4.78 is 27.1. The Labute approximate surface area is 140 Å². The molecular weight excluding hydrogens is 326 g/mol. The van der Waals surface area contributed by atoms with E-state index < -0.39 is 10.0 Å². The first-order valence-corrected chi connectivity index (χ1v) is 8.79. The molecule has 0 N–H and O–H groups in total. The number of benzene rings is 2. The second-order valence-corrected chi connectivity index (χ2v) is 7.78. The van der Waals surface area contributed by atoms with Crippen molar-refractivity contribution in [3.05, 3.63) is 70.8 Å². The van der Waals surface area contributed by atoms with Gasteiger partial charge in [0.2, 0.25) is 10.0 Å². The van der Waals surface area contributed by atoms with Gasteiger partial charge >= 0.3 is 0 Å². The van der Waals surface area contributed by atoms with Gasteiger partial charge in [-0.1, -0.05) is 24.3 Å². The van der Waals surface area contributed by atoms with E-state index in [1.807, 2.05) is 6.07 Å². The molecule has 24 heavy (non-hydrogen) atoms. The van der Waals surface area contributed by atoms with Crippen LogP contribution in [0.2, 0.25) is 0 Å². The maximum atomic E-state index is 12.5. The summed E-state index contributed by atoms with van der Waals surface area (Å²) in [6.45, 7) is 0.257. The van der Waals surface area contributed by atoms with Gasteiger partial charge in [-0.25, -0.2) is 17.7 Å². The SMILES string of the molecule is CN(C)S(=O)(=O)c1cccc(Cn2cnc3ccccc3c2=O)c1. The van der Waals surface area contributed by atoms with Gasteiger partial charge in [0.1, 0.15) is 0 Å². The quantitative estimate of drug-likeness (QED) is 0.723. The van der Waals surface area contributed by atoms with Crippen LogP contribution in [0.5, 0.6) is 0 Å². The van der Waals surface area contributed by atoms with E-state index in [9.17, 15) is 13.2 Å². The minimum atomic E-state index is -3.51. The number of rotatable bonds is 4. The van der Waals surface area contributed by atoms with E-state index >= 15 is 0 Å². The Balaban J connectivity index is 2.01. The maximum Gasteiger partial charge on any atom is 0.261 e. The number of fused-ring (bicyclic) bond motifs is 1. The van der Waals surface area contributed by atoms with Gasteiger partial charge in [0.05, 0.1) is 28.7 Å². The molecule has 0 aliphatic carbocycles. The molecule has 0 atom stereocenters. The van der Waals surface area contributed by atoms with Crippen LogP contribution in [-0.2, 0) is 16.6 Å². The average Bonchev–Trinajstić information content (AvgIpc) is 2.58. The van der Waals surface area contributed by atoms with Gasteiger partial charge in [0.15, 0.2) is 0 Å². The fourth-order valence-corrected chi connectivity index (χ4v) is 3.40. The molecule has 2 aromatic carbocycles. The lowest BCUT2D eigenvalue weighted by atomic mass is 10.2. The molecule has 0 radical (unpaired) electrons. The predicted molar refractivity (Wildman–Crippen MR) is 92.4 cm³/mol. The molecule has 0 unspecified atom stereocenters. The number of aromatic nitrogens is 2. The normalized spacial score (nSPS) is 12.0. The van der Waals surface area contributed by atoms with Gasteiger partial charge in [-0.15, -0.1) is 0 Å². The fourth-order valence-electron chi connectivity index (χ4n) is 2.43. The summed E-state index contributed by atoms with van der Waals surface area (Å²) >= 11 is 0. The van der Waals surface area contributed by atoms with Gasteiger partial charge in [-0.05, 0) is 29.8 Å². The molecular formula is C17H17N3O3S. The summed E-state index contributed by atoms with van der Waals surface area (Å²) in [7, 11) is -0.534. The smallest absolute Gasteiger partial charge is 0.261 e. The molecule has 0 amide bonds. The van der Waals surface area contributed by atoms with Gasteiger partial charge < -0.3 is 0 Å². The van der Waals surface area contributed by atoms with E-state index in [1.54, 1.807) is 42.5 Å². The Morgan fingerprint density at radius 1 is 1.08 bits per heavy atom. The van der Waals surface area contributed by atoms with E-state index in [1.165, 1.54) is 25.0 Å². The molecule has 124 valence electrons. The van der Waals surface area contributed by atoms with Crippen molar-refractivity contribution in [2.75, 3.05) is 14.1 Å². The van der Waals surface area contributed by atoms with Crippen LogP contribution in [0.3, 0.4) is 0 Å². The van der Waals surface area contributed by atoms with Crippen LogP contribution in [0.4, 0.5) is 0 Å². The molecule has 3 rings (SSSR count). The number of hydrogen-bond acceptors (Lipinski definition) is 4. The average molecular weight is 343 g/mol. The standard InChI is InChI=1S/C17H17N3O3S/c1-19(2)24(22,23)14-7-5-6-13(10-14)11-20-12-18-16-9-4-3-8-15(16)17(20)21/h3-10,12H,11H2,1-2H3. The molecule has 0 saturated heterocycles. The highest BCUT2D eigenvalue weighted by atomic mass is 32.2. The monoisotopic (exact) mass is 343 g/mol. The topological polar surface area (TPSA) is 72.3 Å². The van der Waals surface area contributed by atoms with Crippen molar-refractivity contribution >= 4 is 20.9 Å².